The van der Waals surface area contributed by atoms with Crippen molar-refractivity contribution in [1.29, 1.82) is 0 Å². The summed E-state index contributed by atoms with van der Waals surface area (Å²) < 4.78 is 17.5. The Morgan fingerprint density at radius 3 is 2.70 bits per heavy atom. The molecule has 1 aromatic heterocycles. The molecule has 2 aliphatic rings. The lowest BCUT2D eigenvalue weighted by Crippen LogP contribution is -2.46. The highest BCUT2D eigenvalue weighted by molar-refractivity contribution is 5.11. The molecule has 2 atom stereocenters. The van der Waals surface area contributed by atoms with Crippen LogP contribution in [0.3, 0.4) is 0 Å². The number of hydrogen-bond donors (Lipinski definition) is 1. The van der Waals surface area contributed by atoms with Crippen molar-refractivity contribution in [2.24, 2.45) is 5.92 Å². The van der Waals surface area contributed by atoms with E-state index in [-0.39, 0.29) is 11.6 Å². The minimum atomic E-state index is 0.0396. The molecular formula is C16H25NO3. The van der Waals surface area contributed by atoms with Gasteiger partial charge in [0.05, 0.1) is 11.6 Å². The van der Waals surface area contributed by atoms with Crippen molar-refractivity contribution >= 4 is 0 Å². The highest BCUT2D eigenvalue weighted by atomic mass is 16.5. The Labute approximate surface area is 120 Å². The molecule has 0 aliphatic carbocycles. The van der Waals surface area contributed by atoms with Crippen molar-refractivity contribution in [3.8, 4) is 0 Å². The summed E-state index contributed by atoms with van der Waals surface area (Å²) in [6.45, 7) is 4.51. The van der Waals surface area contributed by atoms with Crippen molar-refractivity contribution in [3.63, 3.8) is 0 Å². The van der Waals surface area contributed by atoms with Crippen LogP contribution >= 0.6 is 0 Å². The number of ether oxygens (including phenoxy) is 2. The molecule has 0 radical (unpaired) electrons. The number of aryl methyl sites for hydroxylation is 1. The zero-order valence-corrected chi connectivity index (χ0v) is 12.5. The average Bonchev–Trinajstić information content (AvgIpc) is 2.87. The van der Waals surface area contributed by atoms with Crippen LogP contribution in [0.5, 0.6) is 0 Å². The third-order valence-corrected chi connectivity index (χ3v) is 4.79. The van der Waals surface area contributed by atoms with Gasteiger partial charge in [-0.15, -0.1) is 0 Å². The topological polar surface area (TPSA) is 43.6 Å². The van der Waals surface area contributed by atoms with Gasteiger partial charge < -0.3 is 19.2 Å². The van der Waals surface area contributed by atoms with Crippen LogP contribution in [-0.4, -0.2) is 32.5 Å². The lowest BCUT2D eigenvalue weighted by Gasteiger charge is -2.45. The molecule has 2 unspecified atom stereocenters. The Morgan fingerprint density at radius 2 is 2.05 bits per heavy atom. The SMILES string of the molecule is CNC(c1ccc(C)o1)C1CCOC2(CCOCC2)C1. The van der Waals surface area contributed by atoms with Crippen LogP contribution in [0.1, 0.15) is 43.2 Å². The van der Waals surface area contributed by atoms with Crippen LogP contribution in [0.15, 0.2) is 16.5 Å². The zero-order valence-electron chi connectivity index (χ0n) is 12.5. The minimum absolute atomic E-state index is 0.0396. The second-order valence-electron chi connectivity index (χ2n) is 6.11. The van der Waals surface area contributed by atoms with Crippen LogP contribution in [0.2, 0.25) is 0 Å². The van der Waals surface area contributed by atoms with Crippen molar-refractivity contribution in [1.82, 2.24) is 5.32 Å². The van der Waals surface area contributed by atoms with E-state index < -0.39 is 0 Å². The lowest BCUT2D eigenvalue weighted by molar-refractivity contribution is -0.150. The molecule has 0 bridgehead atoms. The lowest BCUT2D eigenvalue weighted by atomic mass is 9.77. The van der Waals surface area contributed by atoms with Gasteiger partial charge in [-0.25, -0.2) is 0 Å². The van der Waals surface area contributed by atoms with Gasteiger partial charge in [-0.2, -0.15) is 0 Å². The molecule has 3 heterocycles. The standard InChI is InChI=1S/C16H25NO3/c1-12-3-4-14(20-12)15(17-2)13-5-8-19-16(11-13)6-9-18-10-7-16/h3-4,13,15,17H,5-11H2,1-2H3. The predicted octanol–water partition coefficient (Wildman–Crippen LogP) is 2.82. The van der Waals surface area contributed by atoms with Gasteiger partial charge in [0.1, 0.15) is 11.5 Å². The number of nitrogens with one attached hydrogen (secondary N) is 1. The van der Waals surface area contributed by atoms with Crippen LogP contribution in [-0.2, 0) is 9.47 Å². The average molecular weight is 279 g/mol. The Balaban J connectivity index is 1.74. The van der Waals surface area contributed by atoms with E-state index in [0.29, 0.717) is 5.92 Å². The summed E-state index contributed by atoms with van der Waals surface area (Å²) in [7, 11) is 2.02. The fraction of sp³-hybridized carbons (Fsp3) is 0.750. The highest BCUT2D eigenvalue weighted by Gasteiger charge is 2.41. The summed E-state index contributed by atoms with van der Waals surface area (Å²) in [5, 5.41) is 3.44. The Hall–Kier alpha value is -0.840. The van der Waals surface area contributed by atoms with Crippen molar-refractivity contribution in [2.45, 2.75) is 44.2 Å². The monoisotopic (exact) mass is 279 g/mol. The maximum atomic E-state index is 6.13. The van der Waals surface area contributed by atoms with Gasteiger partial charge in [-0.3, -0.25) is 0 Å². The first-order valence-corrected chi connectivity index (χ1v) is 7.68. The molecule has 4 heteroatoms. The molecule has 1 spiro atoms. The van der Waals surface area contributed by atoms with Crippen LogP contribution < -0.4 is 5.32 Å². The van der Waals surface area contributed by atoms with E-state index in [1.54, 1.807) is 0 Å². The van der Waals surface area contributed by atoms with Crippen LogP contribution in [0.25, 0.3) is 0 Å². The molecule has 2 fully saturated rings. The number of furan rings is 1. The van der Waals surface area contributed by atoms with Crippen LogP contribution in [0.4, 0.5) is 0 Å². The van der Waals surface area contributed by atoms with Crippen molar-refractivity contribution in [3.05, 3.63) is 23.7 Å². The van der Waals surface area contributed by atoms with Crippen LogP contribution in [0, 0.1) is 12.8 Å². The second kappa shape index (κ2) is 5.88. The van der Waals surface area contributed by atoms with Gasteiger partial charge in [-0.1, -0.05) is 0 Å². The predicted molar refractivity (Wildman–Crippen MR) is 76.7 cm³/mol. The van der Waals surface area contributed by atoms with E-state index >= 15 is 0 Å². The summed E-state index contributed by atoms with van der Waals surface area (Å²) in [5.74, 6) is 2.60. The Bertz CT molecular complexity index is 431. The third kappa shape index (κ3) is 2.78. The Morgan fingerprint density at radius 1 is 1.25 bits per heavy atom. The maximum absolute atomic E-state index is 6.13. The molecule has 3 rings (SSSR count). The maximum Gasteiger partial charge on any atom is 0.121 e. The summed E-state index contributed by atoms with van der Waals surface area (Å²) in [6.07, 6.45) is 4.24. The highest BCUT2D eigenvalue weighted by Crippen LogP contribution is 2.41. The molecule has 0 amide bonds. The first kappa shape index (κ1) is 14.1. The van der Waals surface area contributed by atoms with Gasteiger partial charge in [0.25, 0.3) is 0 Å². The molecular weight excluding hydrogens is 254 g/mol. The first-order valence-electron chi connectivity index (χ1n) is 7.68. The number of hydrogen-bond acceptors (Lipinski definition) is 4. The van der Waals surface area contributed by atoms with E-state index in [1.165, 1.54) is 0 Å². The Kier molecular flexibility index (Phi) is 4.15. The third-order valence-electron chi connectivity index (χ3n) is 4.79. The molecule has 2 saturated heterocycles. The molecule has 20 heavy (non-hydrogen) atoms. The first-order chi connectivity index (χ1) is 9.72. The van der Waals surface area contributed by atoms with E-state index in [1.807, 2.05) is 20.0 Å². The fourth-order valence-corrected chi connectivity index (χ4v) is 3.67. The summed E-state index contributed by atoms with van der Waals surface area (Å²) >= 11 is 0. The molecule has 1 aromatic rings. The smallest absolute Gasteiger partial charge is 0.121 e. The fourth-order valence-electron chi connectivity index (χ4n) is 3.67. The van der Waals surface area contributed by atoms with E-state index in [4.69, 9.17) is 13.9 Å². The van der Waals surface area contributed by atoms with E-state index in [2.05, 4.69) is 11.4 Å². The van der Waals surface area contributed by atoms with Gasteiger partial charge in [0.15, 0.2) is 0 Å². The molecule has 0 aromatic carbocycles. The van der Waals surface area contributed by atoms with Gasteiger partial charge in [0, 0.05) is 19.8 Å². The summed E-state index contributed by atoms with van der Waals surface area (Å²) in [4.78, 5) is 0. The summed E-state index contributed by atoms with van der Waals surface area (Å²) in [5.41, 5.74) is 0.0396. The molecule has 4 nitrogen and oxygen atoms in total. The van der Waals surface area contributed by atoms with E-state index in [0.717, 1.165) is 57.0 Å². The van der Waals surface area contributed by atoms with Gasteiger partial charge in [-0.05, 0) is 57.7 Å². The number of rotatable bonds is 3. The van der Waals surface area contributed by atoms with Gasteiger partial charge in [0.2, 0.25) is 0 Å². The van der Waals surface area contributed by atoms with Gasteiger partial charge >= 0.3 is 0 Å². The van der Waals surface area contributed by atoms with Crippen molar-refractivity contribution in [2.75, 3.05) is 26.9 Å². The quantitative estimate of drug-likeness (QED) is 0.924. The minimum Gasteiger partial charge on any atom is -0.465 e. The molecule has 2 aliphatic heterocycles. The zero-order chi connectivity index (χ0) is 14.0. The summed E-state index contributed by atoms with van der Waals surface area (Å²) in [6, 6.07) is 4.43. The largest absolute Gasteiger partial charge is 0.465 e. The molecule has 112 valence electrons. The molecule has 0 saturated carbocycles. The second-order valence-corrected chi connectivity index (χ2v) is 6.11. The molecule has 1 N–H and O–H groups in total. The normalized spacial score (nSPS) is 27.6. The van der Waals surface area contributed by atoms with E-state index in [9.17, 15) is 0 Å². The van der Waals surface area contributed by atoms with Crippen molar-refractivity contribution < 1.29 is 13.9 Å².